The van der Waals surface area contributed by atoms with Crippen molar-refractivity contribution in [2.24, 2.45) is 0 Å². The fraction of sp³-hybridized carbons (Fsp3) is 0. The van der Waals surface area contributed by atoms with Crippen molar-refractivity contribution in [3.8, 4) is 28.8 Å². The Morgan fingerprint density at radius 2 is 1.79 bits per heavy atom. The third-order valence-electron chi connectivity index (χ3n) is 4.46. The number of para-hydroxylation sites is 1. The van der Waals surface area contributed by atoms with E-state index in [0.29, 0.717) is 21.4 Å². The molecule has 4 rings (SSSR count). The van der Waals surface area contributed by atoms with Crippen LogP contribution in [0.25, 0.3) is 27.8 Å². The van der Waals surface area contributed by atoms with E-state index >= 15 is 0 Å². The molecule has 0 radical (unpaired) electrons. The van der Waals surface area contributed by atoms with E-state index in [2.05, 4.69) is 20.9 Å². The van der Waals surface area contributed by atoms with Crippen molar-refractivity contribution in [3.63, 3.8) is 0 Å². The van der Waals surface area contributed by atoms with Crippen LogP contribution in [0.2, 0.25) is 0 Å². The van der Waals surface area contributed by atoms with Gasteiger partial charge in [-0.05, 0) is 57.9 Å². The molecule has 2 aromatic carbocycles. The van der Waals surface area contributed by atoms with E-state index in [1.165, 1.54) is 12.1 Å². The maximum atomic E-state index is 13.5. The molecular weight excluding hydrogens is 441 g/mol. The topological polar surface area (TPSA) is 99.1 Å². The minimum absolute atomic E-state index is 0.136. The van der Waals surface area contributed by atoms with Crippen molar-refractivity contribution in [3.05, 3.63) is 76.3 Å². The van der Waals surface area contributed by atoms with Crippen molar-refractivity contribution < 1.29 is 19.4 Å². The summed E-state index contributed by atoms with van der Waals surface area (Å²) in [6, 6.07) is 16.6. The Labute approximate surface area is 172 Å². The number of halogens is 2. The lowest BCUT2D eigenvalue weighted by Gasteiger charge is -2.12. The predicted molar refractivity (Wildman–Crippen MR) is 108 cm³/mol. The first kappa shape index (κ1) is 18.7. The molecule has 0 amide bonds. The average Bonchev–Trinajstić information content (AvgIpc) is 3.03. The summed E-state index contributed by atoms with van der Waals surface area (Å²) < 4.78 is 15.5. The minimum Gasteiger partial charge on any atom is -0.505 e. The number of aromatic carboxylic acids is 1. The summed E-state index contributed by atoms with van der Waals surface area (Å²) in [6.07, 6.45) is 0. The van der Waals surface area contributed by atoms with Crippen LogP contribution in [-0.2, 0) is 0 Å². The summed E-state index contributed by atoms with van der Waals surface area (Å²) in [5, 5.41) is 29.8. The summed E-state index contributed by atoms with van der Waals surface area (Å²) in [6.45, 7) is 0. The normalized spacial score (nSPS) is 10.8. The first-order valence-corrected chi connectivity index (χ1v) is 9.15. The highest BCUT2D eigenvalue weighted by Crippen LogP contribution is 2.45. The van der Waals surface area contributed by atoms with E-state index in [1.54, 1.807) is 41.0 Å². The second-order valence-electron chi connectivity index (χ2n) is 6.14. The van der Waals surface area contributed by atoms with Gasteiger partial charge in [0.25, 0.3) is 0 Å². The van der Waals surface area contributed by atoms with Gasteiger partial charge in [0.05, 0.1) is 21.1 Å². The highest BCUT2D eigenvalue weighted by molar-refractivity contribution is 9.10. The van der Waals surface area contributed by atoms with Gasteiger partial charge in [-0.2, -0.15) is 5.26 Å². The number of nitriles is 1. The van der Waals surface area contributed by atoms with Crippen molar-refractivity contribution >= 4 is 32.8 Å². The number of carbonyl (C=O) groups is 1. The van der Waals surface area contributed by atoms with E-state index < -0.39 is 23.2 Å². The number of nitrogens with zero attached hydrogens (tertiary/aromatic N) is 3. The zero-order chi connectivity index (χ0) is 20.7. The number of fused-ring (bicyclic) bond motifs is 1. The van der Waals surface area contributed by atoms with Crippen LogP contribution in [0.15, 0.2) is 59.1 Å². The van der Waals surface area contributed by atoms with Gasteiger partial charge in [-0.25, -0.2) is 14.2 Å². The number of carboxylic acids is 1. The monoisotopic (exact) mass is 451 g/mol. The molecule has 8 heteroatoms. The maximum absolute atomic E-state index is 13.5. The van der Waals surface area contributed by atoms with Crippen LogP contribution in [0.3, 0.4) is 0 Å². The van der Waals surface area contributed by atoms with E-state index in [4.69, 9.17) is 0 Å². The molecule has 142 valence electrons. The number of rotatable bonds is 3. The molecule has 2 N–H and O–H groups in total. The van der Waals surface area contributed by atoms with Gasteiger partial charge in [-0.1, -0.05) is 18.2 Å². The lowest BCUT2D eigenvalue weighted by Crippen LogP contribution is -2.05. The van der Waals surface area contributed by atoms with E-state index in [-0.39, 0.29) is 16.6 Å². The molecule has 4 aromatic rings. The zero-order valence-corrected chi connectivity index (χ0v) is 16.2. The fourth-order valence-electron chi connectivity index (χ4n) is 3.25. The molecule has 0 aliphatic rings. The molecule has 29 heavy (non-hydrogen) atoms. The molecule has 0 saturated carbocycles. The first-order chi connectivity index (χ1) is 13.9. The van der Waals surface area contributed by atoms with Crippen LogP contribution in [0.1, 0.15) is 16.2 Å². The van der Waals surface area contributed by atoms with Gasteiger partial charge in [0.1, 0.15) is 11.9 Å². The third kappa shape index (κ3) is 2.92. The molecule has 0 saturated heterocycles. The van der Waals surface area contributed by atoms with Gasteiger partial charge in [-0.15, -0.1) is 0 Å². The molecule has 0 bridgehead atoms. The van der Waals surface area contributed by atoms with Crippen molar-refractivity contribution in [1.82, 2.24) is 9.55 Å². The summed E-state index contributed by atoms with van der Waals surface area (Å²) in [7, 11) is 0. The largest absolute Gasteiger partial charge is 0.505 e. The number of aromatic nitrogens is 2. The van der Waals surface area contributed by atoms with Crippen LogP contribution in [0.5, 0.6) is 5.75 Å². The zero-order valence-electron chi connectivity index (χ0n) is 14.6. The van der Waals surface area contributed by atoms with Gasteiger partial charge in [-0.3, -0.25) is 0 Å². The van der Waals surface area contributed by atoms with Gasteiger partial charge in [0, 0.05) is 5.69 Å². The molecule has 0 aliphatic heterocycles. The molecule has 0 unspecified atom stereocenters. The summed E-state index contributed by atoms with van der Waals surface area (Å²) in [5.41, 5.74) is 1.23. The van der Waals surface area contributed by atoms with E-state index in [9.17, 15) is 24.7 Å². The average molecular weight is 452 g/mol. The van der Waals surface area contributed by atoms with E-state index in [0.717, 1.165) is 0 Å². The van der Waals surface area contributed by atoms with Crippen LogP contribution in [0, 0.1) is 17.1 Å². The highest BCUT2D eigenvalue weighted by Gasteiger charge is 2.28. The number of benzene rings is 2. The first-order valence-electron chi connectivity index (χ1n) is 8.35. The van der Waals surface area contributed by atoms with Gasteiger partial charge in [0.2, 0.25) is 0 Å². The molecule has 2 aromatic heterocycles. The Bertz CT molecular complexity index is 1310. The number of carboxylic acid groups (broad SMARTS) is 1. The van der Waals surface area contributed by atoms with Crippen LogP contribution < -0.4 is 0 Å². The SMILES string of the molecule is N#Cc1nc(C(=O)O)c(O)c2c(Br)c(-c3ccc(F)cc3)n(-c3ccccc3)c12. The summed E-state index contributed by atoms with van der Waals surface area (Å²) in [5.74, 6) is -2.43. The lowest BCUT2D eigenvalue weighted by molar-refractivity contribution is 0.0687. The smallest absolute Gasteiger partial charge is 0.358 e. The Hall–Kier alpha value is -3.70. The quantitative estimate of drug-likeness (QED) is 0.462. The standard InChI is InChI=1S/C21H11BrFN3O3/c22-16-15-19(14(10-24)25-17(20(15)27)21(28)29)26(13-4-2-1-3-5-13)18(16)11-6-8-12(23)9-7-11/h1-9,27H,(H,28,29). The van der Waals surface area contributed by atoms with Crippen molar-refractivity contribution in [2.45, 2.75) is 0 Å². The third-order valence-corrected chi connectivity index (χ3v) is 5.23. The van der Waals surface area contributed by atoms with Gasteiger partial charge in [0.15, 0.2) is 17.1 Å². The Morgan fingerprint density at radius 1 is 1.14 bits per heavy atom. The van der Waals surface area contributed by atoms with Crippen molar-refractivity contribution in [1.29, 1.82) is 5.26 Å². The van der Waals surface area contributed by atoms with Gasteiger partial charge >= 0.3 is 5.97 Å². The fourth-order valence-corrected chi connectivity index (χ4v) is 4.03. The molecule has 0 aliphatic carbocycles. The van der Waals surface area contributed by atoms with Gasteiger partial charge < -0.3 is 14.8 Å². The maximum Gasteiger partial charge on any atom is 0.358 e. The lowest BCUT2D eigenvalue weighted by atomic mass is 10.1. The molecular formula is C21H11BrFN3O3. The highest BCUT2D eigenvalue weighted by atomic mass is 79.9. The Balaban J connectivity index is 2.24. The number of hydrogen-bond acceptors (Lipinski definition) is 4. The van der Waals surface area contributed by atoms with Crippen molar-refractivity contribution in [2.75, 3.05) is 0 Å². The Kier molecular flexibility index (Phi) is 4.53. The second kappa shape index (κ2) is 7.04. The van der Waals surface area contributed by atoms with E-state index in [1.807, 2.05) is 12.1 Å². The predicted octanol–water partition coefficient (Wildman–Crippen LogP) is 4.87. The van der Waals surface area contributed by atoms with Crippen LogP contribution >= 0.6 is 15.9 Å². The minimum atomic E-state index is -1.46. The van der Waals surface area contributed by atoms with Crippen LogP contribution in [-0.4, -0.2) is 25.7 Å². The number of aromatic hydroxyl groups is 1. The molecule has 0 fully saturated rings. The summed E-state index contributed by atoms with van der Waals surface area (Å²) >= 11 is 3.45. The number of hydrogen-bond donors (Lipinski definition) is 2. The molecule has 2 heterocycles. The molecule has 0 spiro atoms. The molecule has 6 nitrogen and oxygen atoms in total. The second-order valence-corrected chi connectivity index (χ2v) is 6.93. The Morgan fingerprint density at radius 3 is 2.38 bits per heavy atom. The summed E-state index contributed by atoms with van der Waals surface area (Å²) in [4.78, 5) is 15.4. The number of pyridine rings is 1. The molecule has 0 atom stereocenters. The van der Waals surface area contributed by atoms with Crippen LogP contribution in [0.4, 0.5) is 4.39 Å².